The van der Waals surface area contributed by atoms with E-state index in [0.29, 0.717) is 17.7 Å². The Morgan fingerprint density at radius 2 is 1.87 bits per heavy atom. The molecule has 0 radical (unpaired) electrons. The van der Waals surface area contributed by atoms with E-state index in [9.17, 15) is 32.7 Å². The third-order valence-electron chi connectivity index (χ3n) is 4.36. The normalized spacial score (nSPS) is 19.1. The molecular weight excluding hydrogens is 317 g/mol. The number of nitrogens with one attached hydrogen (secondary N) is 1. The summed E-state index contributed by atoms with van der Waals surface area (Å²) in [6.45, 7) is 1.58. The maximum absolute atomic E-state index is 12.3. The van der Waals surface area contributed by atoms with Gasteiger partial charge in [-0.3, -0.25) is 14.4 Å². The van der Waals surface area contributed by atoms with Gasteiger partial charge in [0.25, 0.3) is 0 Å². The Balaban J connectivity index is 2.63. The monoisotopic (exact) mass is 338 g/mol. The Hall–Kier alpha value is -1.80. The number of carbonyl (C=O) groups is 3. The van der Waals surface area contributed by atoms with Crippen LogP contribution in [0.3, 0.4) is 0 Å². The summed E-state index contributed by atoms with van der Waals surface area (Å²) in [5.41, 5.74) is -1.11. The van der Waals surface area contributed by atoms with Crippen LogP contribution in [0.2, 0.25) is 0 Å². The van der Waals surface area contributed by atoms with E-state index in [1.165, 1.54) is 0 Å². The number of carboxylic acids is 1. The van der Waals surface area contributed by atoms with Gasteiger partial charge in [-0.15, -0.1) is 0 Å². The molecule has 0 saturated carbocycles. The number of hydrogen-bond acceptors (Lipinski definition) is 3. The second-order valence-corrected chi connectivity index (χ2v) is 5.80. The van der Waals surface area contributed by atoms with E-state index in [4.69, 9.17) is 0 Å². The highest BCUT2D eigenvalue weighted by molar-refractivity contribution is 5.89. The molecule has 1 aliphatic rings. The smallest absolute Gasteiger partial charge is 0.406 e. The molecule has 132 valence electrons. The number of halogens is 3. The van der Waals surface area contributed by atoms with Crippen molar-refractivity contribution in [3.05, 3.63) is 0 Å². The summed E-state index contributed by atoms with van der Waals surface area (Å²) in [5.74, 6) is -3.23. The number of likely N-dealkylation sites (tertiary alicyclic amines) is 1. The highest BCUT2D eigenvalue weighted by Gasteiger charge is 2.41. The van der Waals surface area contributed by atoms with Gasteiger partial charge >= 0.3 is 12.1 Å². The van der Waals surface area contributed by atoms with E-state index in [1.807, 2.05) is 0 Å². The molecule has 0 aromatic carbocycles. The van der Waals surface area contributed by atoms with Crippen LogP contribution >= 0.6 is 0 Å². The van der Waals surface area contributed by atoms with Crippen LogP contribution in [-0.2, 0) is 14.4 Å². The second-order valence-electron chi connectivity index (χ2n) is 5.80. The second kappa shape index (κ2) is 7.18. The molecule has 2 amide bonds. The number of carboxylic acid groups (broad SMARTS) is 1. The lowest BCUT2D eigenvalue weighted by Gasteiger charge is -2.27. The number of alkyl halides is 3. The summed E-state index contributed by atoms with van der Waals surface area (Å²) in [7, 11) is 0. The maximum Gasteiger partial charge on any atom is 0.406 e. The van der Waals surface area contributed by atoms with E-state index < -0.39 is 41.8 Å². The molecule has 1 saturated heterocycles. The number of carbonyl (C=O) groups excluding carboxylic acids is 2. The molecule has 0 bridgehead atoms. The van der Waals surface area contributed by atoms with Crippen LogP contribution in [0.25, 0.3) is 0 Å². The molecule has 0 spiro atoms. The van der Waals surface area contributed by atoms with Crippen molar-refractivity contribution in [1.82, 2.24) is 10.2 Å². The van der Waals surface area contributed by atoms with Crippen LogP contribution in [0, 0.1) is 11.3 Å². The summed E-state index contributed by atoms with van der Waals surface area (Å²) < 4.78 is 37.0. The van der Waals surface area contributed by atoms with Crippen LogP contribution in [-0.4, -0.2) is 53.6 Å². The SMILES string of the molecule is CCC(CC)(CNC(=O)C1CC(=O)N(CC(F)(F)F)C1)C(=O)O. The van der Waals surface area contributed by atoms with Crippen molar-refractivity contribution < 1.29 is 32.7 Å². The van der Waals surface area contributed by atoms with E-state index in [-0.39, 0.29) is 19.5 Å². The van der Waals surface area contributed by atoms with Gasteiger partial charge in [-0.1, -0.05) is 13.8 Å². The van der Waals surface area contributed by atoms with E-state index in [0.717, 1.165) is 0 Å². The minimum absolute atomic E-state index is 0.113. The van der Waals surface area contributed by atoms with Crippen LogP contribution in [0.1, 0.15) is 33.1 Å². The third-order valence-corrected chi connectivity index (χ3v) is 4.36. The van der Waals surface area contributed by atoms with Gasteiger partial charge < -0.3 is 15.3 Å². The Labute approximate surface area is 132 Å². The topological polar surface area (TPSA) is 86.7 Å². The summed E-state index contributed by atoms with van der Waals surface area (Å²) in [6.07, 6.45) is -4.18. The van der Waals surface area contributed by atoms with Crippen LogP contribution in [0.5, 0.6) is 0 Å². The highest BCUT2D eigenvalue weighted by atomic mass is 19.4. The molecule has 0 aliphatic carbocycles. The van der Waals surface area contributed by atoms with Crippen molar-refractivity contribution in [3.63, 3.8) is 0 Å². The highest BCUT2D eigenvalue weighted by Crippen LogP contribution is 2.27. The van der Waals surface area contributed by atoms with E-state index in [1.54, 1.807) is 13.8 Å². The fourth-order valence-corrected chi connectivity index (χ4v) is 2.60. The number of aliphatic carboxylic acids is 1. The summed E-state index contributed by atoms with van der Waals surface area (Å²) in [4.78, 5) is 35.5. The lowest BCUT2D eigenvalue weighted by molar-refractivity contribution is -0.157. The van der Waals surface area contributed by atoms with Crippen LogP contribution in [0.15, 0.2) is 0 Å². The van der Waals surface area contributed by atoms with Gasteiger partial charge in [0.1, 0.15) is 6.54 Å². The van der Waals surface area contributed by atoms with Crippen LogP contribution in [0.4, 0.5) is 13.2 Å². The van der Waals surface area contributed by atoms with Crippen molar-refractivity contribution in [2.45, 2.75) is 39.3 Å². The summed E-state index contributed by atoms with van der Waals surface area (Å²) in [6, 6.07) is 0. The van der Waals surface area contributed by atoms with Gasteiger partial charge in [0.2, 0.25) is 11.8 Å². The molecule has 1 atom stereocenters. The molecule has 1 heterocycles. The summed E-state index contributed by atoms with van der Waals surface area (Å²) in [5, 5.41) is 11.7. The van der Waals surface area contributed by atoms with Crippen molar-refractivity contribution in [2.75, 3.05) is 19.6 Å². The average molecular weight is 338 g/mol. The number of amides is 2. The van der Waals surface area contributed by atoms with Crippen LogP contribution < -0.4 is 5.32 Å². The van der Waals surface area contributed by atoms with E-state index >= 15 is 0 Å². The first kappa shape index (κ1) is 19.2. The Kier molecular flexibility index (Phi) is 6.01. The number of nitrogens with zero attached hydrogens (tertiary/aromatic N) is 1. The van der Waals surface area contributed by atoms with Gasteiger partial charge in [0, 0.05) is 19.5 Å². The minimum Gasteiger partial charge on any atom is -0.481 e. The summed E-state index contributed by atoms with van der Waals surface area (Å²) >= 11 is 0. The zero-order valence-electron chi connectivity index (χ0n) is 13.1. The standard InChI is InChI=1S/C14H21F3N2O4/c1-3-13(4-2,12(22)23)7-18-11(21)9-5-10(20)19(6-9)8-14(15,16)17/h9H,3-8H2,1-2H3,(H,18,21)(H,22,23). The first-order chi connectivity index (χ1) is 10.5. The molecule has 1 rings (SSSR count). The lowest BCUT2D eigenvalue weighted by Crippen LogP contribution is -2.44. The molecular formula is C14H21F3N2O4. The van der Waals surface area contributed by atoms with Gasteiger partial charge in [-0.05, 0) is 12.8 Å². The fraction of sp³-hybridized carbons (Fsp3) is 0.786. The van der Waals surface area contributed by atoms with Crippen molar-refractivity contribution >= 4 is 17.8 Å². The number of rotatable bonds is 7. The Morgan fingerprint density at radius 3 is 2.30 bits per heavy atom. The quantitative estimate of drug-likeness (QED) is 0.735. The Morgan fingerprint density at radius 1 is 1.30 bits per heavy atom. The predicted molar refractivity (Wildman–Crippen MR) is 74.4 cm³/mol. The third kappa shape index (κ3) is 4.84. The maximum atomic E-state index is 12.3. The van der Waals surface area contributed by atoms with Crippen molar-refractivity contribution in [1.29, 1.82) is 0 Å². The fourth-order valence-electron chi connectivity index (χ4n) is 2.60. The minimum atomic E-state index is -4.51. The molecule has 6 nitrogen and oxygen atoms in total. The lowest BCUT2D eigenvalue weighted by atomic mass is 9.82. The van der Waals surface area contributed by atoms with Crippen molar-refractivity contribution in [3.8, 4) is 0 Å². The molecule has 0 aromatic rings. The molecule has 23 heavy (non-hydrogen) atoms. The van der Waals surface area contributed by atoms with Gasteiger partial charge in [0.15, 0.2) is 0 Å². The zero-order chi connectivity index (χ0) is 17.8. The zero-order valence-corrected chi connectivity index (χ0v) is 13.1. The first-order valence-electron chi connectivity index (χ1n) is 7.40. The molecule has 1 unspecified atom stereocenters. The largest absolute Gasteiger partial charge is 0.481 e. The van der Waals surface area contributed by atoms with Gasteiger partial charge in [-0.25, -0.2) is 0 Å². The molecule has 2 N–H and O–H groups in total. The first-order valence-corrected chi connectivity index (χ1v) is 7.40. The predicted octanol–water partition coefficient (Wildman–Crippen LogP) is 1.40. The molecule has 9 heteroatoms. The van der Waals surface area contributed by atoms with E-state index in [2.05, 4.69) is 5.32 Å². The van der Waals surface area contributed by atoms with Gasteiger partial charge in [-0.2, -0.15) is 13.2 Å². The molecule has 0 aromatic heterocycles. The Bertz CT molecular complexity index is 475. The average Bonchev–Trinajstić information content (AvgIpc) is 2.79. The van der Waals surface area contributed by atoms with Gasteiger partial charge in [0.05, 0.1) is 11.3 Å². The van der Waals surface area contributed by atoms with Crippen molar-refractivity contribution in [2.24, 2.45) is 11.3 Å². The number of hydrogen-bond donors (Lipinski definition) is 2. The molecule has 1 aliphatic heterocycles. The molecule has 1 fully saturated rings.